The van der Waals surface area contributed by atoms with Gasteiger partial charge in [0.25, 0.3) is 6.35 Å². The number of hydrogen-bond donors (Lipinski definition) is 1. The number of fused-ring (bicyclic) bond motifs is 1. The summed E-state index contributed by atoms with van der Waals surface area (Å²) in [7, 11) is -1.93. The standard InChI is InChI=1S/C17H21N5O3P/c1-12(8-22-10-21-15-16(18)19-9-20-17(15)22)13(2)24-11-26(23)25-14-6-4-3-5-7-14/h3-7,9-10,12-13H,8,11H2,1-2H3,(H2,18,19,20)/q+1/t12?,13-/m1/s1. The molecule has 2 heterocycles. The van der Waals surface area contributed by atoms with Crippen molar-refractivity contribution in [1.82, 2.24) is 19.5 Å². The highest BCUT2D eigenvalue weighted by molar-refractivity contribution is 7.39. The quantitative estimate of drug-likeness (QED) is 0.604. The molecule has 0 radical (unpaired) electrons. The first-order valence-corrected chi connectivity index (χ1v) is 9.61. The van der Waals surface area contributed by atoms with E-state index < -0.39 is 8.03 Å². The summed E-state index contributed by atoms with van der Waals surface area (Å²) in [5.74, 6) is 1.07. The zero-order chi connectivity index (χ0) is 18.5. The lowest BCUT2D eigenvalue weighted by atomic mass is 10.1. The predicted octanol–water partition coefficient (Wildman–Crippen LogP) is 3.23. The van der Waals surface area contributed by atoms with Gasteiger partial charge in [-0.3, -0.25) is 4.52 Å². The van der Waals surface area contributed by atoms with E-state index in [9.17, 15) is 4.57 Å². The number of nitrogens with zero attached hydrogens (tertiary/aromatic N) is 4. The maximum Gasteiger partial charge on any atom is 0.585 e. The molecule has 0 bridgehead atoms. The number of ether oxygens (including phenoxy) is 1. The van der Waals surface area contributed by atoms with Crippen molar-refractivity contribution in [2.75, 3.05) is 12.1 Å². The normalized spacial score (nSPS) is 14.2. The summed E-state index contributed by atoms with van der Waals surface area (Å²) in [4.78, 5) is 12.4. The second kappa shape index (κ2) is 8.21. The van der Waals surface area contributed by atoms with E-state index in [4.69, 9.17) is 15.0 Å². The molecule has 136 valence electrons. The molecule has 26 heavy (non-hydrogen) atoms. The molecule has 3 rings (SSSR count). The van der Waals surface area contributed by atoms with Crippen LogP contribution in [0.2, 0.25) is 0 Å². The molecule has 3 aromatic rings. The molecular formula is C17H21N5O3P+. The average Bonchev–Trinajstić information content (AvgIpc) is 3.05. The van der Waals surface area contributed by atoms with Crippen LogP contribution >= 0.6 is 8.03 Å². The van der Waals surface area contributed by atoms with Crippen LogP contribution in [0, 0.1) is 5.92 Å². The molecule has 8 nitrogen and oxygen atoms in total. The number of rotatable bonds is 8. The van der Waals surface area contributed by atoms with Crippen LogP contribution in [0.15, 0.2) is 43.0 Å². The highest BCUT2D eigenvalue weighted by Crippen LogP contribution is 2.27. The average molecular weight is 374 g/mol. The van der Waals surface area contributed by atoms with E-state index in [0.29, 0.717) is 29.3 Å². The Balaban J connectivity index is 1.53. The van der Waals surface area contributed by atoms with Crippen LogP contribution in [0.3, 0.4) is 0 Å². The van der Waals surface area contributed by atoms with Gasteiger partial charge in [-0.2, -0.15) is 0 Å². The zero-order valence-electron chi connectivity index (χ0n) is 14.6. The number of nitrogen functional groups attached to an aromatic ring is 1. The van der Waals surface area contributed by atoms with Crippen molar-refractivity contribution in [2.45, 2.75) is 26.5 Å². The molecule has 0 amide bonds. The smallest absolute Gasteiger partial charge is 0.382 e. The van der Waals surface area contributed by atoms with Gasteiger partial charge < -0.3 is 15.0 Å². The molecule has 9 heteroatoms. The Kier molecular flexibility index (Phi) is 5.75. The summed E-state index contributed by atoms with van der Waals surface area (Å²) in [6.45, 7) is 4.63. The van der Waals surface area contributed by atoms with Crippen LogP contribution in [-0.4, -0.2) is 32.0 Å². The zero-order valence-corrected chi connectivity index (χ0v) is 15.5. The van der Waals surface area contributed by atoms with Crippen LogP contribution in [0.4, 0.5) is 5.82 Å². The molecule has 0 aliphatic heterocycles. The van der Waals surface area contributed by atoms with Crippen molar-refractivity contribution in [1.29, 1.82) is 0 Å². The minimum atomic E-state index is -1.93. The van der Waals surface area contributed by atoms with Crippen molar-refractivity contribution in [3.05, 3.63) is 43.0 Å². The first-order valence-electron chi connectivity index (χ1n) is 8.25. The third kappa shape index (κ3) is 4.33. The lowest BCUT2D eigenvalue weighted by Gasteiger charge is -2.18. The Labute approximate surface area is 152 Å². The molecule has 0 saturated heterocycles. The number of aromatic nitrogens is 4. The van der Waals surface area contributed by atoms with Crippen molar-refractivity contribution in [3.8, 4) is 5.75 Å². The third-order valence-corrected chi connectivity index (χ3v) is 4.88. The van der Waals surface area contributed by atoms with Gasteiger partial charge in [-0.15, -0.1) is 0 Å². The lowest BCUT2D eigenvalue weighted by Crippen LogP contribution is -2.22. The van der Waals surface area contributed by atoms with E-state index >= 15 is 0 Å². The van der Waals surface area contributed by atoms with Gasteiger partial charge in [-0.05, 0) is 23.6 Å². The molecular weight excluding hydrogens is 353 g/mol. The Morgan fingerprint density at radius 2 is 1.96 bits per heavy atom. The lowest BCUT2D eigenvalue weighted by molar-refractivity contribution is 0.0516. The number of anilines is 1. The Morgan fingerprint density at radius 3 is 2.73 bits per heavy atom. The summed E-state index contributed by atoms with van der Waals surface area (Å²) in [5.41, 5.74) is 7.09. The monoisotopic (exact) mass is 374 g/mol. The van der Waals surface area contributed by atoms with Gasteiger partial charge in [0, 0.05) is 12.5 Å². The summed E-state index contributed by atoms with van der Waals surface area (Å²) >= 11 is 0. The van der Waals surface area contributed by atoms with E-state index in [0.717, 1.165) is 0 Å². The first-order chi connectivity index (χ1) is 12.5. The van der Waals surface area contributed by atoms with Crippen LogP contribution in [-0.2, 0) is 15.8 Å². The molecule has 0 fully saturated rings. The van der Waals surface area contributed by atoms with Crippen LogP contribution in [0.25, 0.3) is 11.2 Å². The SMILES string of the molecule is CC(Cn1cnc2c(N)ncnc21)[C@@H](C)OC[P+](=O)Oc1ccccc1. The number of hydrogen-bond acceptors (Lipinski definition) is 7. The molecule has 1 aromatic carbocycles. The second-order valence-corrected chi connectivity index (χ2v) is 7.15. The molecule has 2 unspecified atom stereocenters. The van der Waals surface area contributed by atoms with E-state index in [1.54, 1.807) is 18.5 Å². The van der Waals surface area contributed by atoms with Gasteiger partial charge in [0.15, 0.2) is 17.2 Å². The molecule has 2 N–H and O–H groups in total. The second-order valence-electron chi connectivity index (χ2n) is 6.04. The minimum Gasteiger partial charge on any atom is -0.382 e. The fourth-order valence-corrected chi connectivity index (χ4v) is 3.23. The van der Waals surface area contributed by atoms with E-state index in [1.165, 1.54) is 6.33 Å². The fourth-order valence-electron chi connectivity index (χ4n) is 2.46. The predicted molar refractivity (Wildman–Crippen MR) is 99.0 cm³/mol. The summed E-state index contributed by atoms with van der Waals surface area (Å²) < 4.78 is 25.0. The maximum atomic E-state index is 12.0. The Morgan fingerprint density at radius 1 is 1.19 bits per heavy atom. The Bertz CT molecular complexity index is 886. The van der Waals surface area contributed by atoms with Crippen LogP contribution in [0.1, 0.15) is 13.8 Å². The number of imidazole rings is 1. The van der Waals surface area contributed by atoms with Gasteiger partial charge in [0.05, 0.1) is 12.4 Å². The van der Waals surface area contributed by atoms with Crippen LogP contribution in [0.5, 0.6) is 5.75 Å². The minimum absolute atomic E-state index is 0.0372. The number of para-hydroxylation sites is 1. The fraction of sp³-hybridized carbons (Fsp3) is 0.353. The van der Waals surface area contributed by atoms with Gasteiger partial charge in [0.1, 0.15) is 11.8 Å². The summed E-state index contributed by atoms with van der Waals surface area (Å²) in [5, 5.41) is 0. The molecule has 0 aliphatic carbocycles. The highest BCUT2D eigenvalue weighted by Gasteiger charge is 2.24. The van der Waals surface area contributed by atoms with E-state index in [2.05, 4.69) is 15.0 Å². The van der Waals surface area contributed by atoms with E-state index in [-0.39, 0.29) is 18.4 Å². The first kappa shape index (κ1) is 18.2. The molecule has 2 aromatic heterocycles. The van der Waals surface area contributed by atoms with E-state index in [1.807, 2.05) is 36.6 Å². The highest BCUT2D eigenvalue weighted by atomic mass is 31.1. The largest absolute Gasteiger partial charge is 0.585 e. The van der Waals surface area contributed by atoms with Crippen LogP contribution < -0.4 is 10.3 Å². The molecule has 0 saturated carbocycles. The van der Waals surface area contributed by atoms with Gasteiger partial charge in [-0.25, -0.2) is 15.0 Å². The Hall–Kier alpha value is -2.57. The molecule has 3 atom stereocenters. The van der Waals surface area contributed by atoms with Crippen molar-refractivity contribution in [2.24, 2.45) is 5.92 Å². The number of benzene rings is 1. The number of nitrogens with two attached hydrogens (primary N) is 1. The van der Waals surface area contributed by atoms with Crippen molar-refractivity contribution < 1.29 is 13.8 Å². The van der Waals surface area contributed by atoms with Crippen molar-refractivity contribution in [3.63, 3.8) is 0 Å². The topological polar surface area (TPSA) is 105 Å². The molecule has 0 spiro atoms. The maximum absolute atomic E-state index is 12.0. The van der Waals surface area contributed by atoms with Gasteiger partial charge >= 0.3 is 8.03 Å². The van der Waals surface area contributed by atoms with Gasteiger partial charge in [-0.1, -0.05) is 25.1 Å². The summed E-state index contributed by atoms with van der Waals surface area (Å²) in [6, 6.07) is 9.05. The van der Waals surface area contributed by atoms with Crippen molar-refractivity contribution >= 4 is 25.0 Å². The van der Waals surface area contributed by atoms with Gasteiger partial charge in [0.2, 0.25) is 0 Å². The third-order valence-electron chi connectivity index (χ3n) is 4.11. The summed E-state index contributed by atoms with van der Waals surface area (Å²) in [6.07, 6.45) is 3.03. The molecule has 0 aliphatic rings.